The van der Waals surface area contributed by atoms with E-state index >= 15 is 0 Å². The van der Waals surface area contributed by atoms with Crippen LogP contribution in [0.15, 0.2) is 28.1 Å². The lowest BCUT2D eigenvalue weighted by Gasteiger charge is -1.97. The molecule has 72 valence electrons. The van der Waals surface area contributed by atoms with Crippen LogP contribution in [0.3, 0.4) is 0 Å². The van der Waals surface area contributed by atoms with Crippen LogP contribution in [0.25, 0.3) is 0 Å². The Morgan fingerprint density at radius 1 is 1.43 bits per heavy atom. The SMILES string of the molecule is O=C(Cl)c1cccnc1C(=O)N=NCl. The van der Waals surface area contributed by atoms with Crippen LogP contribution in [-0.2, 0) is 0 Å². The highest BCUT2D eigenvalue weighted by Gasteiger charge is 2.16. The summed E-state index contributed by atoms with van der Waals surface area (Å²) >= 11 is 10.1. The van der Waals surface area contributed by atoms with Crippen LogP contribution < -0.4 is 0 Å². The monoisotopic (exact) mass is 231 g/mol. The Balaban J connectivity index is 3.20. The number of amides is 1. The Morgan fingerprint density at radius 2 is 2.14 bits per heavy atom. The Bertz CT molecular complexity index is 406. The molecule has 0 fully saturated rings. The molecule has 0 spiro atoms. The molecule has 1 heterocycles. The molecule has 0 N–H and O–H groups in total. The minimum absolute atomic E-state index is 0.0248. The maximum absolute atomic E-state index is 11.2. The molecule has 0 atom stereocenters. The van der Waals surface area contributed by atoms with E-state index in [-0.39, 0.29) is 11.3 Å². The van der Waals surface area contributed by atoms with Crippen molar-refractivity contribution in [3.05, 3.63) is 29.6 Å². The Kier molecular flexibility index (Phi) is 3.67. The molecule has 1 aromatic heterocycles. The van der Waals surface area contributed by atoms with Crippen LogP contribution in [0.1, 0.15) is 20.8 Å². The van der Waals surface area contributed by atoms with Gasteiger partial charge in [-0.3, -0.25) is 14.6 Å². The average molecular weight is 232 g/mol. The predicted molar refractivity (Wildman–Crippen MR) is 49.5 cm³/mol. The molecule has 0 aliphatic heterocycles. The molecule has 0 aromatic carbocycles. The number of carbonyl (C=O) groups is 2. The van der Waals surface area contributed by atoms with Crippen molar-refractivity contribution in [3.8, 4) is 0 Å². The predicted octanol–water partition coefficient (Wildman–Crippen LogP) is 2.21. The number of carbonyl (C=O) groups excluding carboxylic acids is 2. The number of rotatable bonds is 2. The summed E-state index contributed by atoms with van der Waals surface area (Å²) in [6.45, 7) is 0. The summed E-state index contributed by atoms with van der Waals surface area (Å²) in [5, 5.41) is 2.23. The van der Waals surface area contributed by atoms with Gasteiger partial charge in [0.25, 0.3) is 5.24 Å². The summed E-state index contributed by atoms with van der Waals surface area (Å²) in [7, 11) is 0. The van der Waals surface area contributed by atoms with Gasteiger partial charge in [0.1, 0.15) is 5.69 Å². The van der Waals surface area contributed by atoms with Crippen LogP contribution in [0, 0.1) is 0 Å². The molecule has 0 saturated carbocycles. The Labute approximate surface area is 88.9 Å². The van der Waals surface area contributed by atoms with Gasteiger partial charge in [-0.15, -0.1) is 0 Å². The van der Waals surface area contributed by atoms with Crippen molar-refractivity contribution in [2.45, 2.75) is 0 Å². The molecule has 14 heavy (non-hydrogen) atoms. The minimum Gasteiger partial charge on any atom is -0.276 e. The third-order valence-electron chi connectivity index (χ3n) is 1.35. The fourth-order valence-corrected chi connectivity index (χ4v) is 1.04. The van der Waals surface area contributed by atoms with Gasteiger partial charge in [0.15, 0.2) is 0 Å². The average Bonchev–Trinajstić information content (AvgIpc) is 2.18. The smallest absolute Gasteiger partial charge is 0.276 e. The van der Waals surface area contributed by atoms with Gasteiger partial charge in [0.2, 0.25) is 0 Å². The van der Waals surface area contributed by atoms with E-state index < -0.39 is 11.1 Å². The highest BCUT2D eigenvalue weighted by atomic mass is 35.5. The van der Waals surface area contributed by atoms with E-state index in [4.69, 9.17) is 23.4 Å². The van der Waals surface area contributed by atoms with Gasteiger partial charge in [-0.2, -0.15) is 0 Å². The first kappa shape index (κ1) is 10.7. The normalized spacial score (nSPS) is 10.4. The first-order valence-electron chi connectivity index (χ1n) is 3.38. The highest BCUT2D eigenvalue weighted by Crippen LogP contribution is 2.10. The number of aromatic nitrogens is 1. The van der Waals surface area contributed by atoms with Crippen LogP contribution in [0.4, 0.5) is 0 Å². The molecule has 0 aliphatic carbocycles. The second-order valence-corrected chi connectivity index (χ2v) is 2.65. The van der Waals surface area contributed by atoms with Crippen molar-refractivity contribution in [1.29, 1.82) is 0 Å². The highest BCUT2D eigenvalue weighted by molar-refractivity contribution is 6.68. The first-order chi connectivity index (χ1) is 6.66. The zero-order valence-electron chi connectivity index (χ0n) is 6.65. The topological polar surface area (TPSA) is 71.8 Å². The fraction of sp³-hybridized carbons (Fsp3) is 0. The van der Waals surface area contributed by atoms with Gasteiger partial charge >= 0.3 is 5.91 Å². The Morgan fingerprint density at radius 3 is 2.71 bits per heavy atom. The summed E-state index contributed by atoms with van der Waals surface area (Å²) in [6, 6.07) is 2.84. The lowest BCUT2D eigenvalue weighted by Crippen LogP contribution is -2.05. The summed E-state index contributed by atoms with van der Waals surface area (Å²) < 4.78 is 2.77. The third-order valence-corrected chi connectivity index (χ3v) is 1.63. The quantitative estimate of drug-likeness (QED) is 0.579. The molecule has 5 nitrogen and oxygen atoms in total. The molecule has 0 radical (unpaired) electrons. The second kappa shape index (κ2) is 4.78. The standard InChI is InChI=1S/C7H3Cl2N3O2/c8-6(13)4-2-1-3-10-5(4)7(14)11-12-9/h1-3H. The number of nitrogens with zero attached hydrogens (tertiary/aromatic N) is 3. The molecule has 1 amide bonds. The molecule has 0 unspecified atom stereocenters. The number of hydrogen-bond acceptors (Lipinski definition) is 4. The number of hydrogen-bond donors (Lipinski definition) is 0. The minimum atomic E-state index is -0.815. The first-order valence-corrected chi connectivity index (χ1v) is 4.09. The van der Waals surface area contributed by atoms with E-state index in [1.54, 1.807) is 0 Å². The van der Waals surface area contributed by atoms with Crippen molar-refractivity contribution >= 4 is 34.5 Å². The maximum Gasteiger partial charge on any atom is 0.315 e. The summed E-state index contributed by atoms with van der Waals surface area (Å²) in [6.07, 6.45) is 1.33. The molecule has 0 saturated heterocycles. The van der Waals surface area contributed by atoms with Gasteiger partial charge in [-0.1, -0.05) is 9.75 Å². The van der Waals surface area contributed by atoms with E-state index in [9.17, 15) is 9.59 Å². The van der Waals surface area contributed by atoms with Crippen LogP contribution >= 0.6 is 23.4 Å². The molecule has 1 aromatic rings. The lowest BCUT2D eigenvalue weighted by molar-refractivity contribution is 0.0980. The van der Waals surface area contributed by atoms with Crippen molar-refractivity contribution in [2.75, 3.05) is 0 Å². The van der Waals surface area contributed by atoms with Crippen LogP contribution in [0.5, 0.6) is 0 Å². The van der Waals surface area contributed by atoms with Crippen LogP contribution in [-0.4, -0.2) is 16.1 Å². The van der Waals surface area contributed by atoms with E-state index in [1.807, 2.05) is 0 Å². The molecule has 0 bridgehead atoms. The van der Waals surface area contributed by atoms with Gasteiger partial charge < -0.3 is 0 Å². The van der Waals surface area contributed by atoms with Crippen molar-refractivity contribution in [3.63, 3.8) is 0 Å². The van der Waals surface area contributed by atoms with E-state index in [1.165, 1.54) is 18.3 Å². The zero-order chi connectivity index (χ0) is 10.6. The van der Waals surface area contributed by atoms with Crippen molar-refractivity contribution in [1.82, 2.24) is 4.98 Å². The second-order valence-electron chi connectivity index (χ2n) is 2.15. The largest absolute Gasteiger partial charge is 0.315 e. The summed E-state index contributed by atoms with van der Waals surface area (Å²) in [5.74, 6) is -0.815. The van der Waals surface area contributed by atoms with E-state index in [2.05, 4.69) is 14.7 Å². The van der Waals surface area contributed by atoms with E-state index in [0.717, 1.165) is 0 Å². The molecule has 1 rings (SSSR count). The van der Waals surface area contributed by atoms with E-state index in [0.29, 0.717) is 0 Å². The van der Waals surface area contributed by atoms with Gasteiger partial charge in [0, 0.05) is 6.20 Å². The van der Waals surface area contributed by atoms with Crippen molar-refractivity contribution < 1.29 is 9.59 Å². The van der Waals surface area contributed by atoms with Gasteiger partial charge in [-0.05, 0) is 23.7 Å². The fourth-order valence-electron chi connectivity index (χ4n) is 0.816. The number of pyridine rings is 1. The summed E-state index contributed by atoms with van der Waals surface area (Å²) in [5.41, 5.74) is -0.194. The van der Waals surface area contributed by atoms with Crippen LogP contribution in [0.2, 0.25) is 0 Å². The third kappa shape index (κ3) is 2.34. The summed E-state index contributed by atoms with van der Waals surface area (Å²) in [4.78, 5) is 25.6. The van der Waals surface area contributed by atoms with Gasteiger partial charge in [0.05, 0.1) is 17.3 Å². The zero-order valence-corrected chi connectivity index (χ0v) is 8.16. The number of halogens is 2. The van der Waals surface area contributed by atoms with Crippen molar-refractivity contribution in [2.24, 2.45) is 9.75 Å². The Hall–Kier alpha value is -1.33. The molecular weight excluding hydrogens is 229 g/mol. The molecule has 7 heteroatoms. The maximum atomic E-state index is 11.2. The lowest BCUT2D eigenvalue weighted by atomic mass is 10.2. The molecular formula is C7H3Cl2N3O2. The molecule has 0 aliphatic rings. The van der Waals surface area contributed by atoms with Gasteiger partial charge in [-0.25, -0.2) is 0 Å².